The molecule has 6 heteroatoms. The van der Waals surface area contributed by atoms with Crippen LogP contribution in [0.15, 0.2) is 36.9 Å². The summed E-state index contributed by atoms with van der Waals surface area (Å²) in [5, 5.41) is 2.91. The van der Waals surface area contributed by atoms with E-state index in [0.29, 0.717) is 18.4 Å². The number of alkyl halides is 3. The first-order chi connectivity index (χ1) is 10.4. The number of halogens is 3. The Bertz CT molecular complexity index is 570. The van der Waals surface area contributed by atoms with Crippen LogP contribution in [0.3, 0.4) is 0 Å². The van der Waals surface area contributed by atoms with Gasteiger partial charge < -0.3 is 5.32 Å². The number of hydrogen-bond acceptors (Lipinski definition) is 2. The van der Waals surface area contributed by atoms with Gasteiger partial charge in [0.2, 0.25) is 5.91 Å². The molecule has 0 spiro atoms. The highest BCUT2D eigenvalue weighted by atomic mass is 19.4. The lowest BCUT2D eigenvalue weighted by Crippen LogP contribution is -2.33. The van der Waals surface area contributed by atoms with Crippen LogP contribution in [0.5, 0.6) is 0 Å². The summed E-state index contributed by atoms with van der Waals surface area (Å²) in [5.74, 6) is 0.769. The van der Waals surface area contributed by atoms with Crippen LogP contribution in [0.25, 0.3) is 0 Å². The molecule has 3 rings (SSSR count). The summed E-state index contributed by atoms with van der Waals surface area (Å²) in [6, 6.07) is 5.54. The van der Waals surface area contributed by atoms with E-state index in [1.807, 2.05) is 0 Å². The molecule has 1 saturated heterocycles. The van der Waals surface area contributed by atoms with Crippen LogP contribution in [0.2, 0.25) is 0 Å². The van der Waals surface area contributed by atoms with E-state index in [9.17, 15) is 18.0 Å². The van der Waals surface area contributed by atoms with Crippen LogP contribution in [0.1, 0.15) is 11.1 Å². The van der Waals surface area contributed by atoms with Crippen molar-refractivity contribution in [3.63, 3.8) is 0 Å². The van der Waals surface area contributed by atoms with Gasteiger partial charge in [-0.2, -0.15) is 13.2 Å². The van der Waals surface area contributed by atoms with Gasteiger partial charge in [0.05, 0.1) is 5.56 Å². The number of rotatable bonds is 4. The highest BCUT2D eigenvalue weighted by Gasteiger charge is 2.56. The summed E-state index contributed by atoms with van der Waals surface area (Å²) in [4.78, 5) is 13.5. The van der Waals surface area contributed by atoms with E-state index >= 15 is 0 Å². The van der Waals surface area contributed by atoms with Crippen LogP contribution in [-0.2, 0) is 17.5 Å². The van der Waals surface area contributed by atoms with Gasteiger partial charge in [0.15, 0.2) is 0 Å². The lowest BCUT2D eigenvalue weighted by atomic mass is 10.1. The van der Waals surface area contributed by atoms with Crippen molar-refractivity contribution < 1.29 is 18.0 Å². The molecule has 3 atom stereocenters. The molecule has 0 aromatic heterocycles. The Labute approximate surface area is 126 Å². The second kappa shape index (κ2) is 5.43. The van der Waals surface area contributed by atoms with E-state index in [-0.39, 0.29) is 11.9 Å². The van der Waals surface area contributed by atoms with E-state index < -0.39 is 11.7 Å². The fraction of sp³-hybridized carbons (Fsp3) is 0.438. The molecule has 1 aliphatic heterocycles. The van der Waals surface area contributed by atoms with E-state index in [1.54, 1.807) is 0 Å². The normalized spacial score (nSPS) is 27.3. The zero-order chi connectivity index (χ0) is 15.9. The second-order valence-electron chi connectivity index (χ2n) is 5.95. The smallest absolute Gasteiger partial charge is 0.349 e. The number of nitrogens with zero attached hydrogens (tertiary/aromatic N) is 1. The van der Waals surface area contributed by atoms with Gasteiger partial charge in [-0.25, -0.2) is 0 Å². The zero-order valence-electron chi connectivity index (χ0n) is 11.9. The lowest BCUT2D eigenvalue weighted by Gasteiger charge is -2.20. The number of fused-ring (bicyclic) bond motifs is 1. The van der Waals surface area contributed by atoms with Gasteiger partial charge in [0.1, 0.15) is 0 Å². The first-order valence-corrected chi connectivity index (χ1v) is 7.20. The third kappa shape index (κ3) is 3.02. The predicted octanol–water partition coefficient (Wildman–Crippen LogP) is 2.44. The summed E-state index contributed by atoms with van der Waals surface area (Å²) in [7, 11) is 0. The molecule has 1 unspecified atom stereocenters. The monoisotopic (exact) mass is 310 g/mol. The number of benzene rings is 1. The summed E-state index contributed by atoms with van der Waals surface area (Å²) in [5.41, 5.74) is 0.258. The van der Waals surface area contributed by atoms with Crippen LogP contribution in [0, 0.1) is 11.8 Å². The summed E-state index contributed by atoms with van der Waals surface area (Å²) in [6.07, 6.45) is -3.02. The van der Waals surface area contributed by atoms with Crippen LogP contribution in [-0.4, -0.2) is 29.9 Å². The Morgan fingerprint density at radius 1 is 1.27 bits per heavy atom. The molecular weight excluding hydrogens is 293 g/mol. The molecule has 2 aliphatic rings. The Morgan fingerprint density at radius 3 is 2.36 bits per heavy atom. The van der Waals surface area contributed by atoms with Gasteiger partial charge in [-0.3, -0.25) is 9.69 Å². The summed E-state index contributed by atoms with van der Waals surface area (Å²) >= 11 is 0. The number of likely N-dealkylation sites (tertiary alicyclic amines) is 1. The summed E-state index contributed by atoms with van der Waals surface area (Å²) in [6.45, 7) is 5.81. The average molecular weight is 310 g/mol. The van der Waals surface area contributed by atoms with Crippen molar-refractivity contribution in [1.82, 2.24) is 10.2 Å². The quantitative estimate of drug-likeness (QED) is 0.866. The Morgan fingerprint density at radius 2 is 1.86 bits per heavy atom. The van der Waals surface area contributed by atoms with Crippen molar-refractivity contribution in [2.45, 2.75) is 18.8 Å². The van der Waals surface area contributed by atoms with Crippen LogP contribution < -0.4 is 5.32 Å². The molecule has 1 aromatic carbocycles. The minimum Gasteiger partial charge on any atom is -0.349 e. The Kier molecular flexibility index (Phi) is 3.72. The number of amides is 1. The van der Waals surface area contributed by atoms with Gasteiger partial charge in [0, 0.05) is 25.7 Å². The van der Waals surface area contributed by atoms with Gasteiger partial charge >= 0.3 is 6.18 Å². The molecule has 1 saturated carbocycles. The molecule has 1 amide bonds. The minimum atomic E-state index is -4.29. The standard InChI is InChI=1S/C16H17F3N2O/c1-2-14(22)20-15-12-8-21(9-13(12)15)7-10-3-5-11(6-4-10)16(17,18)19/h2-6,12-13,15H,1,7-9H2,(H,20,22)/t12-,13+,15?. The number of carbonyl (C=O) groups excluding carboxylic acids is 1. The van der Waals surface area contributed by atoms with E-state index in [4.69, 9.17) is 0 Å². The largest absolute Gasteiger partial charge is 0.416 e. The first kappa shape index (κ1) is 15.1. The third-order valence-electron chi connectivity index (χ3n) is 4.45. The van der Waals surface area contributed by atoms with Crippen molar-refractivity contribution in [2.24, 2.45) is 11.8 Å². The van der Waals surface area contributed by atoms with Gasteiger partial charge in [-0.1, -0.05) is 18.7 Å². The predicted molar refractivity (Wildman–Crippen MR) is 75.8 cm³/mol. The Hall–Kier alpha value is -1.82. The van der Waals surface area contributed by atoms with Crippen molar-refractivity contribution in [3.05, 3.63) is 48.0 Å². The van der Waals surface area contributed by atoms with Crippen molar-refractivity contribution in [2.75, 3.05) is 13.1 Å². The lowest BCUT2D eigenvalue weighted by molar-refractivity contribution is -0.137. The third-order valence-corrected chi connectivity index (χ3v) is 4.45. The number of hydrogen-bond donors (Lipinski definition) is 1. The number of carbonyl (C=O) groups is 1. The van der Waals surface area contributed by atoms with Crippen molar-refractivity contribution in [3.8, 4) is 0 Å². The molecule has 1 N–H and O–H groups in total. The topological polar surface area (TPSA) is 32.3 Å². The van der Waals surface area contributed by atoms with E-state index in [2.05, 4.69) is 16.8 Å². The highest BCUT2D eigenvalue weighted by Crippen LogP contribution is 2.45. The molecule has 2 fully saturated rings. The number of piperidine rings is 1. The molecule has 1 aromatic rings. The van der Waals surface area contributed by atoms with Gasteiger partial charge in [0.25, 0.3) is 0 Å². The van der Waals surface area contributed by atoms with Crippen molar-refractivity contribution in [1.29, 1.82) is 0 Å². The minimum absolute atomic E-state index is 0.145. The summed E-state index contributed by atoms with van der Waals surface area (Å²) < 4.78 is 37.5. The molecule has 3 nitrogen and oxygen atoms in total. The van der Waals surface area contributed by atoms with Gasteiger partial charge in [-0.05, 0) is 35.6 Å². The molecule has 118 valence electrons. The van der Waals surface area contributed by atoms with Gasteiger partial charge in [-0.15, -0.1) is 0 Å². The van der Waals surface area contributed by atoms with E-state index in [1.165, 1.54) is 18.2 Å². The highest BCUT2D eigenvalue weighted by molar-refractivity contribution is 5.87. The molecular formula is C16H17F3N2O. The fourth-order valence-corrected chi connectivity index (χ4v) is 3.24. The Balaban J connectivity index is 1.51. The molecule has 1 heterocycles. The SMILES string of the molecule is C=CC(=O)NC1[C@H]2CN(Cc3ccc(C(F)(F)F)cc3)C[C@@H]12. The van der Waals surface area contributed by atoms with Crippen molar-refractivity contribution >= 4 is 5.91 Å². The molecule has 1 aliphatic carbocycles. The maximum absolute atomic E-state index is 12.5. The van der Waals surface area contributed by atoms with E-state index in [0.717, 1.165) is 30.8 Å². The molecule has 0 bridgehead atoms. The van der Waals surface area contributed by atoms with Crippen LogP contribution >= 0.6 is 0 Å². The van der Waals surface area contributed by atoms with Crippen LogP contribution in [0.4, 0.5) is 13.2 Å². The zero-order valence-corrected chi connectivity index (χ0v) is 11.9. The average Bonchev–Trinajstić information content (AvgIpc) is 2.92. The molecule has 22 heavy (non-hydrogen) atoms. The fourth-order valence-electron chi connectivity index (χ4n) is 3.24. The molecule has 0 radical (unpaired) electrons. The second-order valence-corrected chi connectivity index (χ2v) is 5.95. The first-order valence-electron chi connectivity index (χ1n) is 7.20. The maximum Gasteiger partial charge on any atom is 0.416 e. The number of nitrogens with one attached hydrogen (secondary N) is 1. The maximum atomic E-state index is 12.5.